The molecule has 2 bridgehead atoms. The van der Waals surface area contributed by atoms with E-state index in [4.69, 9.17) is 4.74 Å². The van der Waals surface area contributed by atoms with Gasteiger partial charge in [-0.1, -0.05) is 0 Å². The highest BCUT2D eigenvalue weighted by Gasteiger charge is 2.42. The third-order valence-electron chi connectivity index (χ3n) is 4.06. The smallest absolute Gasteiger partial charge is 0.123 e. The molecule has 19 heavy (non-hydrogen) atoms. The largest absolute Gasteiger partial charge is 0.493 e. The Morgan fingerprint density at radius 1 is 1.21 bits per heavy atom. The number of rotatable bonds is 4. The maximum absolute atomic E-state index is 12.8. The van der Waals surface area contributed by atoms with E-state index in [-0.39, 0.29) is 5.82 Å². The number of ether oxygens (including phenoxy) is 1. The van der Waals surface area contributed by atoms with Crippen LogP contribution in [0.4, 0.5) is 4.39 Å². The molecule has 0 amide bonds. The molecule has 0 aliphatic carbocycles. The SMILES string of the molecule is OC1(CCOc2ccc(F)cc2)CC2CCC(C1)S2. The fraction of sp³-hybridized carbons (Fsp3) is 0.600. The van der Waals surface area contributed by atoms with Crippen LogP contribution < -0.4 is 4.74 Å². The highest BCUT2D eigenvalue weighted by Crippen LogP contribution is 2.48. The molecule has 0 aromatic heterocycles. The zero-order chi connectivity index (χ0) is 13.3. The highest BCUT2D eigenvalue weighted by molar-refractivity contribution is 8.00. The van der Waals surface area contributed by atoms with Gasteiger partial charge in [-0.05, 0) is 49.9 Å². The number of hydrogen-bond acceptors (Lipinski definition) is 3. The van der Waals surface area contributed by atoms with E-state index in [0.29, 0.717) is 29.3 Å². The Hall–Kier alpha value is -0.740. The molecular weight excluding hydrogens is 263 g/mol. The van der Waals surface area contributed by atoms with E-state index in [9.17, 15) is 9.50 Å². The van der Waals surface area contributed by atoms with Crippen molar-refractivity contribution in [3.05, 3.63) is 30.1 Å². The summed E-state index contributed by atoms with van der Waals surface area (Å²) in [5, 5.41) is 11.9. The molecule has 0 radical (unpaired) electrons. The summed E-state index contributed by atoms with van der Waals surface area (Å²) < 4.78 is 18.3. The Morgan fingerprint density at radius 2 is 1.84 bits per heavy atom. The van der Waals surface area contributed by atoms with Crippen molar-refractivity contribution in [2.24, 2.45) is 0 Å². The molecule has 2 aliphatic heterocycles. The average molecular weight is 282 g/mol. The number of thioether (sulfide) groups is 1. The number of fused-ring (bicyclic) bond motifs is 2. The predicted molar refractivity (Wildman–Crippen MR) is 75.1 cm³/mol. The molecule has 2 atom stereocenters. The second-order valence-electron chi connectivity index (χ2n) is 5.64. The fourth-order valence-corrected chi connectivity index (χ4v) is 5.01. The highest BCUT2D eigenvalue weighted by atomic mass is 32.2. The summed E-state index contributed by atoms with van der Waals surface area (Å²) >= 11 is 2.04. The minimum Gasteiger partial charge on any atom is -0.493 e. The lowest BCUT2D eigenvalue weighted by atomic mass is 9.90. The van der Waals surface area contributed by atoms with Crippen molar-refractivity contribution < 1.29 is 14.2 Å². The van der Waals surface area contributed by atoms with Crippen molar-refractivity contribution in [3.63, 3.8) is 0 Å². The first kappa shape index (κ1) is 13.3. The molecule has 1 N–H and O–H groups in total. The molecule has 0 saturated carbocycles. The van der Waals surface area contributed by atoms with Crippen LogP contribution in [0.2, 0.25) is 0 Å². The minimum absolute atomic E-state index is 0.258. The number of hydrogen-bond donors (Lipinski definition) is 1. The van der Waals surface area contributed by atoms with E-state index in [0.717, 1.165) is 12.8 Å². The lowest BCUT2D eigenvalue weighted by Crippen LogP contribution is -2.38. The average Bonchev–Trinajstić information content (AvgIpc) is 2.72. The van der Waals surface area contributed by atoms with Gasteiger partial charge in [0.25, 0.3) is 0 Å². The maximum Gasteiger partial charge on any atom is 0.123 e. The van der Waals surface area contributed by atoms with Crippen LogP contribution in [0.1, 0.15) is 32.1 Å². The summed E-state index contributed by atoms with van der Waals surface area (Å²) in [6.45, 7) is 0.492. The molecule has 3 rings (SSSR count). The standard InChI is InChI=1S/C15H19FO2S/c16-11-1-3-12(4-2-11)18-8-7-15(17)9-13-5-6-14(10-15)19-13/h1-4,13-14,17H,5-10H2. The molecule has 104 valence electrons. The van der Waals surface area contributed by atoms with Crippen LogP contribution in [0.15, 0.2) is 24.3 Å². The van der Waals surface area contributed by atoms with Gasteiger partial charge in [0.05, 0.1) is 12.2 Å². The Labute approximate surface area is 117 Å². The van der Waals surface area contributed by atoms with E-state index >= 15 is 0 Å². The zero-order valence-corrected chi connectivity index (χ0v) is 11.7. The third kappa shape index (κ3) is 3.23. The van der Waals surface area contributed by atoms with E-state index in [2.05, 4.69) is 0 Å². The van der Waals surface area contributed by atoms with Gasteiger partial charge in [0.2, 0.25) is 0 Å². The molecule has 1 aromatic carbocycles. The van der Waals surface area contributed by atoms with Crippen molar-refractivity contribution in [1.82, 2.24) is 0 Å². The molecule has 2 saturated heterocycles. The van der Waals surface area contributed by atoms with Gasteiger partial charge in [0.15, 0.2) is 0 Å². The van der Waals surface area contributed by atoms with Crippen LogP contribution in [0.25, 0.3) is 0 Å². The van der Waals surface area contributed by atoms with Gasteiger partial charge in [0, 0.05) is 16.9 Å². The van der Waals surface area contributed by atoms with Gasteiger partial charge in [-0.2, -0.15) is 11.8 Å². The zero-order valence-electron chi connectivity index (χ0n) is 10.8. The van der Waals surface area contributed by atoms with Crippen LogP contribution in [0.5, 0.6) is 5.75 Å². The first-order chi connectivity index (χ1) is 9.13. The fourth-order valence-electron chi connectivity index (χ4n) is 3.11. The first-order valence-corrected chi connectivity index (χ1v) is 7.83. The molecule has 2 nitrogen and oxygen atoms in total. The minimum atomic E-state index is -0.558. The van der Waals surface area contributed by atoms with E-state index in [1.165, 1.54) is 25.0 Å². The monoisotopic (exact) mass is 282 g/mol. The number of halogens is 1. The molecule has 2 aliphatic rings. The lowest BCUT2D eigenvalue weighted by molar-refractivity contribution is 0.00410. The van der Waals surface area contributed by atoms with E-state index in [1.54, 1.807) is 12.1 Å². The molecule has 1 aromatic rings. The van der Waals surface area contributed by atoms with Crippen LogP contribution in [-0.4, -0.2) is 27.8 Å². The summed E-state index contributed by atoms with van der Waals surface area (Å²) in [4.78, 5) is 0. The normalized spacial score (nSPS) is 33.4. The predicted octanol–water partition coefficient (Wildman–Crippen LogP) is 3.38. The molecule has 0 spiro atoms. The summed E-state index contributed by atoms with van der Waals surface area (Å²) in [6, 6.07) is 6.03. The van der Waals surface area contributed by atoms with Gasteiger partial charge < -0.3 is 9.84 Å². The quantitative estimate of drug-likeness (QED) is 0.918. The number of benzene rings is 1. The van der Waals surface area contributed by atoms with Crippen molar-refractivity contribution in [2.75, 3.05) is 6.61 Å². The van der Waals surface area contributed by atoms with Crippen LogP contribution in [0, 0.1) is 5.82 Å². The Balaban J connectivity index is 1.50. The van der Waals surface area contributed by atoms with Gasteiger partial charge in [-0.25, -0.2) is 4.39 Å². The summed E-state index contributed by atoms with van der Waals surface area (Å²) in [7, 11) is 0. The Kier molecular flexibility index (Phi) is 3.72. The topological polar surface area (TPSA) is 29.5 Å². The third-order valence-corrected chi connectivity index (χ3v) is 5.64. The van der Waals surface area contributed by atoms with Gasteiger partial charge in [-0.15, -0.1) is 0 Å². The summed E-state index contributed by atoms with van der Waals surface area (Å²) in [6.07, 6.45) is 4.94. The molecule has 2 fully saturated rings. The lowest BCUT2D eigenvalue weighted by Gasteiger charge is -2.35. The van der Waals surface area contributed by atoms with Crippen molar-refractivity contribution in [2.45, 2.75) is 48.2 Å². The second kappa shape index (κ2) is 5.33. The van der Waals surface area contributed by atoms with Gasteiger partial charge in [-0.3, -0.25) is 0 Å². The maximum atomic E-state index is 12.8. The van der Waals surface area contributed by atoms with Crippen LogP contribution in [-0.2, 0) is 0 Å². The summed E-state index contributed by atoms with van der Waals surface area (Å²) in [5.74, 6) is 0.407. The van der Waals surface area contributed by atoms with Gasteiger partial charge in [0.1, 0.15) is 11.6 Å². The molecular formula is C15H19FO2S. The van der Waals surface area contributed by atoms with E-state index < -0.39 is 5.60 Å². The summed E-state index contributed by atoms with van der Waals surface area (Å²) in [5.41, 5.74) is -0.558. The second-order valence-corrected chi connectivity index (χ2v) is 7.25. The Morgan fingerprint density at radius 3 is 2.47 bits per heavy atom. The Bertz CT molecular complexity index is 422. The van der Waals surface area contributed by atoms with Crippen molar-refractivity contribution >= 4 is 11.8 Å². The van der Waals surface area contributed by atoms with Crippen LogP contribution >= 0.6 is 11.8 Å². The molecule has 4 heteroatoms. The van der Waals surface area contributed by atoms with E-state index in [1.807, 2.05) is 11.8 Å². The van der Waals surface area contributed by atoms with Crippen molar-refractivity contribution in [1.29, 1.82) is 0 Å². The number of aliphatic hydroxyl groups is 1. The van der Waals surface area contributed by atoms with Crippen LogP contribution in [0.3, 0.4) is 0 Å². The first-order valence-electron chi connectivity index (χ1n) is 6.89. The van der Waals surface area contributed by atoms with Gasteiger partial charge >= 0.3 is 0 Å². The molecule has 2 unspecified atom stereocenters. The molecule has 2 heterocycles. The van der Waals surface area contributed by atoms with Crippen molar-refractivity contribution in [3.8, 4) is 5.75 Å².